The molecule has 0 amide bonds. The molecule has 1 aliphatic carbocycles. The molecular formula is C21H34O4. The van der Waals surface area contributed by atoms with Gasteiger partial charge in [-0.05, 0) is 49.7 Å². The molecule has 1 rings (SSSR count). The van der Waals surface area contributed by atoms with Gasteiger partial charge in [0.25, 0.3) is 0 Å². The molecule has 0 saturated heterocycles. The van der Waals surface area contributed by atoms with E-state index in [2.05, 4.69) is 6.92 Å². The average Bonchev–Trinajstić information content (AvgIpc) is 2.92. The lowest BCUT2D eigenvalue weighted by Crippen LogP contribution is -2.08. The van der Waals surface area contributed by atoms with Crippen LogP contribution in [-0.4, -0.2) is 28.1 Å². The number of hydrogen-bond acceptors (Lipinski definition) is 3. The normalized spacial score (nSPS) is 17.5. The van der Waals surface area contributed by atoms with Gasteiger partial charge in [0, 0.05) is 6.42 Å². The summed E-state index contributed by atoms with van der Waals surface area (Å²) in [6.07, 6.45) is 13.1. The van der Waals surface area contributed by atoms with Crippen LogP contribution in [0.4, 0.5) is 0 Å². The summed E-state index contributed by atoms with van der Waals surface area (Å²) >= 11 is 0. The summed E-state index contributed by atoms with van der Waals surface area (Å²) in [6.45, 7) is 3.86. The van der Waals surface area contributed by atoms with Crippen molar-refractivity contribution in [3.8, 4) is 0 Å². The zero-order valence-corrected chi connectivity index (χ0v) is 15.8. The number of aliphatic carboxylic acids is 1. The number of ketones is 1. The molecule has 0 radical (unpaired) electrons. The SMILES string of the molecule is CCCCC(O)C/C=C/C1=C(CCCCCC(C)C(=O)O)C(=O)CC1. The van der Waals surface area contributed by atoms with Gasteiger partial charge in [0.15, 0.2) is 5.78 Å². The molecule has 0 aromatic rings. The average molecular weight is 350 g/mol. The molecule has 2 unspecified atom stereocenters. The van der Waals surface area contributed by atoms with Crippen molar-refractivity contribution >= 4 is 11.8 Å². The number of carboxylic acid groups (broad SMARTS) is 1. The first-order valence-corrected chi connectivity index (χ1v) is 9.78. The Labute approximate surface area is 152 Å². The Morgan fingerprint density at radius 2 is 1.92 bits per heavy atom. The number of allylic oxidation sites excluding steroid dienone is 3. The lowest BCUT2D eigenvalue weighted by molar-refractivity contribution is -0.141. The van der Waals surface area contributed by atoms with E-state index in [1.165, 1.54) is 0 Å². The van der Waals surface area contributed by atoms with E-state index in [-0.39, 0.29) is 17.8 Å². The molecule has 0 spiro atoms. The van der Waals surface area contributed by atoms with E-state index < -0.39 is 5.97 Å². The van der Waals surface area contributed by atoms with Crippen molar-refractivity contribution in [3.63, 3.8) is 0 Å². The van der Waals surface area contributed by atoms with Crippen molar-refractivity contribution < 1.29 is 19.8 Å². The van der Waals surface area contributed by atoms with Gasteiger partial charge in [-0.25, -0.2) is 0 Å². The van der Waals surface area contributed by atoms with Crippen LogP contribution in [-0.2, 0) is 9.59 Å². The number of carbonyl (C=O) groups is 2. The Kier molecular flexibility index (Phi) is 10.4. The number of Topliss-reactive ketones (excluding diaryl/α,β-unsaturated/α-hetero) is 1. The minimum absolute atomic E-state index is 0.255. The van der Waals surface area contributed by atoms with Gasteiger partial charge in [-0.1, -0.05) is 51.7 Å². The second-order valence-corrected chi connectivity index (χ2v) is 7.20. The molecule has 1 aliphatic rings. The maximum atomic E-state index is 12.1. The molecule has 0 fully saturated rings. The van der Waals surface area contributed by atoms with Crippen LogP contribution in [0.25, 0.3) is 0 Å². The van der Waals surface area contributed by atoms with Crippen molar-refractivity contribution in [2.24, 2.45) is 5.92 Å². The zero-order valence-electron chi connectivity index (χ0n) is 15.8. The van der Waals surface area contributed by atoms with Gasteiger partial charge in [0.1, 0.15) is 0 Å². The van der Waals surface area contributed by atoms with Gasteiger partial charge in [-0.15, -0.1) is 0 Å². The number of carboxylic acids is 1. The third kappa shape index (κ3) is 8.48. The highest BCUT2D eigenvalue weighted by atomic mass is 16.4. The first-order chi connectivity index (χ1) is 12.0. The van der Waals surface area contributed by atoms with E-state index >= 15 is 0 Å². The molecule has 2 N–H and O–H groups in total. The fourth-order valence-corrected chi connectivity index (χ4v) is 3.19. The van der Waals surface area contributed by atoms with Crippen molar-refractivity contribution in [3.05, 3.63) is 23.3 Å². The van der Waals surface area contributed by atoms with Gasteiger partial charge in [-0.2, -0.15) is 0 Å². The summed E-state index contributed by atoms with van der Waals surface area (Å²) in [6, 6.07) is 0. The van der Waals surface area contributed by atoms with Crippen LogP contribution in [0, 0.1) is 5.92 Å². The monoisotopic (exact) mass is 350 g/mol. The topological polar surface area (TPSA) is 74.6 Å². The Balaban J connectivity index is 2.39. The number of carbonyl (C=O) groups excluding carboxylic acids is 1. The van der Waals surface area contributed by atoms with Gasteiger partial charge in [-0.3, -0.25) is 9.59 Å². The maximum Gasteiger partial charge on any atom is 0.306 e. The zero-order chi connectivity index (χ0) is 18.7. The van der Waals surface area contributed by atoms with Crippen LogP contribution in [0.3, 0.4) is 0 Å². The number of aliphatic hydroxyl groups is 1. The molecule has 0 saturated carbocycles. The Bertz CT molecular complexity index is 490. The number of hydrogen-bond donors (Lipinski definition) is 2. The molecule has 142 valence electrons. The van der Waals surface area contributed by atoms with E-state index in [9.17, 15) is 14.7 Å². The molecule has 2 atom stereocenters. The fourth-order valence-electron chi connectivity index (χ4n) is 3.19. The molecule has 0 aromatic carbocycles. The van der Waals surface area contributed by atoms with Crippen LogP contribution in [0.2, 0.25) is 0 Å². The highest BCUT2D eigenvalue weighted by molar-refractivity contribution is 5.99. The predicted octanol–water partition coefficient (Wildman–Crippen LogP) is 4.81. The van der Waals surface area contributed by atoms with E-state index in [1.807, 2.05) is 12.2 Å². The second-order valence-electron chi connectivity index (χ2n) is 7.20. The molecule has 25 heavy (non-hydrogen) atoms. The third-order valence-electron chi connectivity index (χ3n) is 4.95. The molecule has 4 nitrogen and oxygen atoms in total. The summed E-state index contributed by atoms with van der Waals surface area (Å²) < 4.78 is 0. The highest BCUT2D eigenvalue weighted by Gasteiger charge is 2.20. The molecular weight excluding hydrogens is 316 g/mol. The lowest BCUT2D eigenvalue weighted by Gasteiger charge is -2.07. The predicted molar refractivity (Wildman–Crippen MR) is 100 cm³/mol. The summed E-state index contributed by atoms with van der Waals surface area (Å²) in [5.74, 6) is -0.766. The Morgan fingerprint density at radius 1 is 1.16 bits per heavy atom. The quantitative estimate of drug-likeness (QED) is 0.467. The minimum atomic E-state index is -0.734. The van der Waals surface area contributed by atoms with E-state index in [0.717, 1.165) is 62.5 Å². The maximum absolute atomic E-state index is 12.1. The smallest absolute Gasteiger partial charge is 0.306 e. The minimum Gasteiger partial charge on any atom is -0.481 e. The largest absolute Gasteiger partial charge is 0.481 e. The second kappa shape index (κ2) is 12.0. The standard InChI is InChI=1S/C21H34O4/c1-3-4-11-18(22)12-8-10-17-14-15-20(23)19(17)13-7-5-6-9-16(2)21(24)25/h8,10,16,18,22H,3-7,9,11-15H2,1-2H3,(H,24,25)/b10-8+. The molecule has 0 aliphatic heterocycles. The molecule has 0 bridgehead atoms. The van der Waals surface area contributed by atoms with Gasteiger partial charge in [0.2, 0.25) is 0 Å². The van der Waals surface area contributed by atoms with Crippen molar-refractivity contribution in [1.29, 1.82) is 0 Å². The van der Waals surface area contributed by atoms with Crippen LogP contribution in [0.15, 0.2) is 23.3 Å². The Hall–Kier alpha value is -1.42. The third-order valence-corrected chi connectivity index (χ3v) is 4.95. The van der Waals surface area contributed by atoms with Gasteiger partial charge < -0.3 is 10.2 Å². The van der Waals surface area contributed by atoms with Crippen molar-refractivity contribution in [2.75, 3.05) is 0 Å². The van der Waals surface area contributed by atoms with Crippen LogP contribution in [0.1, 0.15) is 84.5 Å². The summed E-state index contributed by atoms with van der Waals surface area (Å²) in [5, 5.41) is 18.8. The van der Waals surface area contributed by atoms with E-state index in [1.54, 1.807) is 6.92 Å². The van der Waals surface area contributed by atoms with Crippen LogP contribution in [0.5, 0.6) is 0 Å². The first-order valence-electron chi connectivity index (χ1n) is 9.78. The Morgan fingerprint density at radius 3 is 2.60 bits per heavy atom. The number of unbranched alkanes of at least 4 members (excludes halogenated alkanes) is 3. The summed E-state index contributed by atoms with van der Waals surface area (Å²) in [5.41, 5.74) is 2.08. The molecule has 0 heterocycles. The van der Waals surface area contributed by atoms with Crippen LogP contribution < -0.4 is 0 Å². The highest BCUT2D eigenvalue weighted by Crippen LogP contribution is 2.28. The van der Waals surface area contributed by atoms with Crippen molar-refractivity contribution in [1.82, 2.24) is 0 Å². The molecule has 0 aromatic heterocycles. The fraction of sp³-hybridized carbons (Fsp3) is 0.714. The van der Waals surface area contributed by atoms with E-state index in [4.69, 9.17) is 5.11 Å². The lowest BCUT2D eigenvalue weighted by atomic mass is 9.99. The van der Waals surface area contributed by atoms with E-state index in [0.29, 0.717) is 19.3 Å². The number of aliphatic hydroxyl groups excluding tert-OH is 1. The summed E-state index contributed by atoms with van der Waals surface area (Å²) in [4.78, 5) is 22.9. The van der Waals surface area contributed by atoms with Gasteiger partial charge in [0.05, 0.1) is 12.0 Å². The summed E-state index contributed by atoms with van der Waals surface area (Å²) in [7, 11) is 0. The first kappa shape index (κ1) is 21.6. The number of rotatable bonds is 13. The van der Waals surface area contributed by atoms with Crippen molar-refractivity contribution in [2.45, 2.75) is 90.6 Å². The molecule has 4 heteroatoms. The van der Waals surface area contributed by atoms with Crippen LogP contribution >= 0.6 is 0 Å². The van der Waals surface area contributed by atoms with Gasteiger partial charge >= 0.3 is 5.97 Å².